The molecule has 0 unspecified atom stereocenters. The van der Waals surface area contributed by atoms with Crippen LogP contribution in [0.3, 0.4) is 0 Å². The Hall–Kier alpha value is -2.69. The normalized spacial score (nSPS) is 10.7. The zero-order chi connectivity index (χ0) is 12.5. The van der Waals surface area contributed by atoms with Crippen LogP contribution >= 0.6 is 0 Å². The summed E-state index contributed by atoms with van der Waals surface area (Å²) in [4.78, 5) is 30.0. The highest BCUT2D eigenvalue weighted by atomic mass is 16.2. The number of para-hydroxylation sites is 1. The monoisotopic (exact) mass is 239 g/mol. The van der Waals surface area contributed by atoms with Crippen molar-refractivity contribution in [1.29, 1.82) is 0 Å². The third kappa shape index (κ3) is 1.53. The van der Waals surface area contributed by atoms with Crippen LogP contribution < -0.4 is 11.2 Å². The third-order valence-electron chi connectivity index (χ3n) is 2.69. The second kappa shape index (κ2) is 3.96. The molecule has 5 nitrogen and oxygen atoms in total. The molecule has 0 fully saturated rings. The third-order valence-corrected chi connectivity index (χ3v) is 2.69. The Kier molecular flexibility index (Phi) is 2.30. The van der Waals surface area contributed by atoms with E-state index in [2.05, 4.69) is 9.97 Å². The van der Waals surface area contributed by atoms with E-state index in [0.717, 1.165) is 0 Å². The number of nitrogens with zero attached hydrogens (tertiary/aromatic N) is 2. The Balaban J connectivity index is 2.50. The number of aromatic amines is 1. The summed E-state index contributed by atoms with van der Waals surface area (Å²) in [6, 6.07) is 12.2. The molecule has 0 saturated heterocycles. The zero-order valence-electron chi connectivity index (χ0n) is 9.33. The number of hydrogen-bond donors (Lipinski definition) is 1. The summed E-state index contributed by atoms with van der Waals surface area (Å²) in [5.41, 5.74) is -0.329. The molecule has 0 aliphatic carbocycles. The summed E-state index contributed by atoms with van der Waals surface area (Å²) in [7, 11) is 0. The fourth-order valence-corrected chi connectivity index (χ4v) is 1.90. The van der Waals surface area contributed by atoms with E-state index in [1.807, 2.05) is 0 Å². The standard InChI is InChI=1S/C13H9N3O2/c17-12-9-5-1-2-6-10(9)16(13(18)15-12)11-7-3-4-8-14-11/h1-8H,(H,15,17,18). The molecule has 1 N–H and O–H groups in total. The lowest BCUT2D eigenvalue weighted by Gasteiger charge is -2.07. The molecular weight excluding hydrogens is 230 g/mol. The Morgan fingerprint density at radius 3 is 2.56 bits per heavy atom. The van der Waals surface area contributed by atoms with Crippen molar-refractivity contribution in [3.63, 3.8) is 0 Å². The first-order valence-corrected chi connectivity index (χ1v) is 5.43. The average Bonchev–Trinajstić information content (AvgIpc) is 2.40. The van der Waals surface area contributed by atoms with Gasteiger partial charge in [0.15, 0.2) is 0 Å². The molecule has 1 aromatic carbocycles. The fraction of sp³-hybridized carbons (Fsp3) is 0. The molecular formula is C13H9N3O2. The van der Waals surface area contributed by atoms with Crippen LogP contribution in [0.25, 0.3) is 16.7 Å². The number of H-pyrrole nitrogens is 1. The molecule has 0 radical (unpaired) electrons. The molecule has 0 saturated carbocycles. The lowest BCUT2D eigenvalue weighted by Crippen LogP contribution is -2.29. The molecule has 0 aliphatic rings. The highest BCUT2D eigenvalue weighted by Gasteiger charge is 2.08. The van der Waals surface area contributed by atoms with Crippen molar-refractivity contribution in [3.8, 4) is 5.82 Å². The van der Waals surface area contributed by atoms with Crippen molar-refractivity contribution in [2.75, 3.05) is 0 Å². The molecule has 0 aliphatic heterocycles. The predicted octanol–water partition coefficient (Wildman–Crippen LogP) is 1.07. The van der Waals surface area contributed by atoms with Crippen molar-refractivity contribution < 1.29 is 0 Å². The van der Waals surface area contributed by atoms with Gasteiger partial charge in [-0.3, -0.25) is 9.78 Å². The Morgan fingerprint density at radius 1 is 1.00 bits per heavy atom. The van der Waals surface area contributed by atoms with Crippen LogP contribution in [0.2, 0.25) is 0 Å². The van der Waals surface area contributed by atoms with E-state index in [0.29, 0.717) is 16.7 Å². The van der Waals surface area contributed by atoms with Gasteiger partial charge in [0.05, 0.1) is 10.9 Å². The Labute approximate surface area is 101 Å². The molecule has 5 heteroatoms. The minimum atomic E-state index is -0.489. The van der Waals surface area contributed by atoms with Crippen molar-refractivity contribution in [1.82, 2.24) is 14.5 Å². The van der Waals surface area contributed by atoms with Crippen molar-refractivity contribution >= 4 is 10.9 Å². The molecule has 0 spiro atoms. The van der Waals surface area contributed by atoms with Gasteiger partial charge in [0.2, 0.25) is 0 Å². The SMILES string of the molecule is O=c1[nH]c(=O)n(-c2ccccn2)c2ccccc12. The molecule has 3 aromatic rings. The van der Waals surface area contributed by atoms with E-state index in [1.165, 1.54) is 4.57 Å². The Morgan fingerprint density at radius 2 is 1.78 bits per heavy atom. The number of hydrogen-bond acceptors (Lipinski definition) is 3. The molecule has 0 atom stereocenters. The van der Waals surface area contributed by atoms with E-state index in [-0.39, 0.29) is 5.56 Å². The molecule has 18 heavy (non-hydrogen) atoms. The molecule has 88 valence electrons. The Bertz CT molecular complexity index is 819. The van der Waals surface area contributed by atoms with Gasteiger partial charge in [-0.2, -0.15) is 0 Å². The van der Waals surface area contributed by atoms with Crippen LogP contribution in [-0.2, 0) is 0 Å². The minimum Gasteiger partial charge on any atom is -0.273 e. The number of fused-ring (bicyclic) bond motifs is 1. The first kappa shape index (κ1) is 10.5. The minimum absolute atomic E-state index is 0.386. The molecule has 0 bridgehead atoms. The summed E-state index contributed by atoms with van der Waals surface area (Å²) < 4.78 is 1.39. The molecule has 2 aromatic heterocycles. The maximum absolute atomic E-state index is 11.9. The number of aromatic nitrogens is 3. The number of rotatable bonds is 1. The highest BCUT2D eigenvalue weighted by molar-refractivity contribution is 5.79. The molecule has 3 rings (SSSR count). The van der Waals surface area contributed by atoms with Crippen LogP contribution in [0.4, 0.5) is 0 Å². The first-order chi connectivity index (χ1) is 8.77. The van der Waals surface area contributed by atoms with Gasteiger partial charge in [-0.15, -0.1) is 0 Å². The summed E-state index contributed by atoms with van der Waals surface area (Å²) in [5, 5.41) is 0.461. The van der Waals surface area contributed by atoms with Gasteiger partial charge in [-0.1, -0.05) is 18.2 Å². The number of benzene rings is 1. The molecule has 2 heterocycles. The van der Waals surface area contributed by atoms with Gasteiger partial charge in [0, 0.05) is 6.20 Å². The van der Waals surface area contributed by atoms with Gasteiger partial charge in [0.1, 0.15) is 5.82 Å². The summed E-state index contributed by atoms with van der Waals surface area (Å²) in [6.45, 7) is 0. The topological polar surface area (TPSA) is 67.8 Å². The van der Waals surface area contributed by atoms with Gasteiger partial charge in [0.25, 0.3) is 5.56 Å². The number of pyridine rings is 1. The fourth-order valence-electron chi connectivity index (χ4n) is 1.90. The smallest absolute Gasteiger partial charge is 0.273 e. The predicted molar refractivity (Wildman–Crippen MR) is 68.0 cm³/mol. The number of nitrogens with one attached hydrogen (secondary N) is 1. The summed E-state index contributed by atoms with van der Waals surface area (Å²) >= 11 is 0. The van der Waals surface area contributed by atoms with E-state index in [1.54, 1.807) is 48.7 Å². The van der Waals surface area contributed by atoms with Gasteiger partial charge >= 0.3 is 5.69 Å². The van der Waals surface area contributed by atoms with Crippen molar-refractivity contribution in [2.45, 2.75) is 0 Å². The van der Waals surface area contributed by atoms with E-state index >= 15 is 0 Å². The zero-order valence-corrected chi connectivity index (χ0v) is 9.33. The second-order valence-corrected chi connectivity index (χ2v) is 3.80. The van der Waals surface area contributed by atoms with Crippen molar-refractivity contribution in [2.24, 2.45) is 0 Å². The van der Waals surface area contributed by atoms with E-state index in [4.69, 9.17) is 0 Å². The van der Waals surface area contributed by atoms with Crippen LogP contribution in [-0.4, -0.2) is 14.5 Å². The van der Waals surface area contributed by atoms with Gasteiger partial charge in [-0.05, 0) is 24.3 Å². The van der Waals surface area contributed by atoms with Crippen LogP contribution in [0.1, 0.15) is 0 Å². The van der Waals surface area contributed by atoms with Crippen molar-refractivity contribution in [3.05, 3.63) is 69.5 Å². The maximum atomic E-state index is 11.9. The van der Waals surface area contributed by atoms with Crippen LogP contribution in [0, 0.1) is 0 Å². The quantitative estimate of drug-likeness (QED) is 0.690. The second-order valence-electron chi connectivity index (χ2n) is 3.80. The lowest BCUT2D eigenvalue weighted by molar-refractivity contribution is 0.910. The van der Waals surface area contributed by atoms with Gasteiger partial charge < -0.3 is 0 Å². The maximum Gasteiger partial charge on any atom is 0.334 e. The van der Waals surface area contributed by atoms with Crippen LogP contribution in [0.5, 0.6) is 0 Å². The highest BCUT2D eigenvalue weighted by Crippen LogP contribution is 2.10. The molecule has 0 amide bonds. The van der Waals surface area contributed by atoms with E-state index < -0.39 is 5.69 Å². The summed E-state index contributed by atoms with van der Waals surface area (Å²) in [5.74, 6) is 0.481. The largest absolute Gasteiger partial charge is 0.334 e. The first-order valence-electron chi connectivity index (χ1n) is 5.43. The van der Waals surface area contributed by atoms with Gasteiger partial charge in [-0.25, -0.2) is 14.3 Å². The van der Waals surface area contributed by atoms with Crippen LogP contribution in [0.15, 0.2) is 58.3 Å². The summed E-state index contributed by atoms with van der Waals surface area (Å²) in [6.07, 6.45) is 1.60. The average molecular weight is 239 g/mol. The van der Waals surface area contributed by atoms with E-state index in [9.17, 15) is 9.59 Å². The lowest BCUT2D eigenvalue weighted by atomic mass is 10.2.